The Morgan fingerprint density at radius 1 is 1.16 bits per heavy atom. The van der Waals surface area contributed by atoms with Crippen molar-refractivity contribution in [3.05, 3.63) is 52.2 Å². The number of ether oxygens (including phenoxy) is 2. The highest BCUT2D eigenvalue weighted by molar-refractivity contribution is 7.10. The number of piperidine rings is 1. The minimum Gasteiger partial charge on any atom is -0.494 e. The molecule has 1 aliphatic heterocycles. The van der Waals surface area contributed by atoms with E-state index >= 15 is 0 Å². The first-order valence-electron chi connectivity index (χ1n) is 14.4. The van der Waals surface area contributed by atoms with Crippen LogP contribution in [-0.2, 0) is 23.9 Å². The first-order chi connectivity index (χ1) is 20.6. The lowest BCUT2D eigenvalue weighted by atomic mass is 10.00. The molecule has 0 radical (unpaired) electrons. The van der Waals surface area contributed by atoms with Gasteiger partial charge >= 0.3 is 0 Å². The summed E-state index contributed by atoms with van der Waals surface area (Å²) in [5.74, 6) is -0.314. The molecule has 4 amide bonds. The number of nitrogens with one attached hydrogen (secondary N) is 4. The van der Waals surface area contributed by atoms with Crippen LogP contribution in [0.15, 0.2) is 41.8 Å². The van der Waals surface area contributed by atoms with Crippen molar-refractivity contribution in [3.8, 4) is 5.75 Å². The molecule has 4 atom stereocenters. The van der Waals surface area contributed by atoms with E-state index in [4.69, 9.17) is 20.6 Å². The van der Waals surface area contributed by atoms with Gasteiger partial charge in [-0.3, -0.25) is 24.6 Å². The van der Waals surface area contributed by atoms with Crippen LogP contribution in [0.1, 0.15) is 56.0 Å². The summed E-state index contributed by atoms with van der Waals surface area (Å²) in [6.45, 7) is 4.53. The average molecular weight is 613 g/mol. The molecule has 6 N–H and O–H groups in total. The van der Waals surface area contributed by atoms with Gasteiger partial charge in [0.15, 0.2) is 0 Å². The molecule has 2 fully saturated rings. The second-order valence-electron chi connectivity index (χ2n) is 11.1. The highest BCUT2D eigenvalue weighted by atomic mass is 32.1. The van der Waals surface area contributed by atoms with Crippen LogP contribution in [0.5, 0.6) is 5.75 Å². The summed E-state index contributed by atoms with van der Waals surface area (Å²) in [4.78, 5) is 53.0. The van der Waals surface area contributed by atoms with E-state index in [2.05, 4.69) is 16.0 Å². The zero-order valence-electron chi connectivity index (χ0n) is 24.5. The molecule has 12 nitrogen and oxygen atoms in total. The molecule has 4 rings (SSSR count). The van der Waals surface area contributed by atoms with E-state index in [1.54, 1.807) is 16.3 Å². The molecule has 2 aromatic rings. The normalized spacial score (nSPS) is 20.9. The van der Waals surface area contributed by atoms with Crippen LogP contribution in [-0.4, -0.2) is 79.4 Å². The van der Waals surface area contributed by atoms with Crippen molar-refractivity contribution in [1.29, 1.82) is 5.41 Å². The topological polar surface area (TPSA) is 176 Å². The highest BCUT2D eigenvalue weighted by Crippen LogP contribution is 2.59. The van der Waals surface area contributed by atoms with Gasteiger partial charge in [-0.05, 0) is 44.4 Å². The number of nitrogen functional groups attached to an aromatic ring is 1. The molecule has 2 heterocycles. The molecule has 43 heavy (non-hydrogen) atoms. The molecule has 0 spiro atoms. The lowest BCUT2D eigenvalue weighted by Gasteiger charge is -2.28. The van der Waals surface area contributed by atoms with E-state index in [0.717, 1.165) is 10.6 Å². The Balaban J connectivity index is 1.32. The van der Waals surface area contributed by atoms with Crippen LogP contribution in [0.4, 0.5) is 0 Å². The summed E-state index contributed by atoms with van der Waals surface area (Å²) in [5, 5.41) is 17.8. The molecule has 1 aromatic carbocycles. The summed E-state index contributed by atoms with van der Waals surface area (Å²) < 4.78 is 11.5. The molecule has 1 saturated heterocycles. The van der Waals surface area contributed by atoms with Gasteiger partial charge in [-0.15, -0.1) is 11.3 Å². The maximum Gasteiger partial charge on any atom is 0.243 e. The predicted molar refractivity (Wildman–Crippen MR) is 162 cm³/mol. The number of amides is 4. The molecule has 1 aromatic heterocycles. The minimum atomic E-state index is -0.712. The second kappa shape index (κ2) is 14.5. The molecule has 0 bridgehead atoms. The van der Waals surface area contributed by atoms with Crippen molar-refractivity contribution in [2.75, 3.05) is 32.9 Å². The average Bonchev–Trinajstić information content (AvgIpc) is 3.31. The lowest BCUT2D eigenvalue weighted by Crippen LogP contribution is -2.51. The van der Waals surface area contributed by atoms with Gasteiger partial charge in [-0.1, -0.05) is 18.2 Å². The van der Waals surface area contributed by atoms with Gasteiger partial charge < -0.3 is 36.1 Å². The van der Waals surface area contributed by atoms with Crippen LogP contribution >= 0.6 is 11.3 Å². The highest BCUT2D eigenvalue weighted by Gasteiger charge is 2.67. The van der Waals surface area contributed by atoms with Crippen LogP contribution in [0.25, 0.3) is 0 Å². The van der Waals surface area contributed by atoms with Crippen molar-refractivity contribution in [2.24, 2.45) is 11.1 Å². The Labute approximate surface area is 255 Å². The van der Waals surface area contributed by atoms with Gasteiger partial charge in [0.05, 0.1) is 32.4 Å². The molecule has 0 unspecified atom stereocenters. The van der Waals surface area contributed by atoms with E-state index in [0.29, 0.717) is 51.2 Å². The zero-order chi connectivity index (χ0) is 31.0. The monoisotopic (exact) mass is 612 g/mol. The number of benzene rings is 1. The van der Waals surface area contributed by atoms with Crippen molar-refractivity contribution >= 4 is 40.8 Å². The molecular formula is C30H40N6O6S. The van der Waals surface area contributed by atoms with E-state index in [1.807, 2.05) is 37.3 Å². The number of nitrogens with zero attached hydrogens (tertiary/aromatic N) is 1. The Bertz CT molecular complexity index is 1320. The van der Waals surface area contributed by atoms with Crippen LogP contribution in [0.3, 0.4) is 0 Å². The van der Waals surface area contributed by atoms with E-state index in [1.165, 1.54) is 18.3 Å². The number of nitrogens with two attached hydrogens (primary N) is 1. The van der Waals surface area contributed by atoms with Gasteiger partial charge in [-0.2, -0.15) is 0 Å². The summed E-state index contributed by atoms with van der Waals surface area (Å²) in [6, 6.07) is 9.88. The Kier molecular flexibility index (Phi) is 10.8. The number of hydrogen-bond donors (Lipinski definition) is 5. The Morgan fingerprint density at radius 2 is 1.93 bits per heavy atom. The number of likely N-dealkylation sites (tertiary alicyclic amines) is 1. The fraction of sp³-hybridized carbons (Fsp3) is 0.500. The molecule has 232 valence electrons. The summed E-state index contributed by atoms with van der Waals surface area (Å²) in [6.07, 6.45) is 1.85. The number of carbonyl (C=O) groups excluding carboxylic acids is 4. The van der Waals surface area contributed by atoms with Crippen molar-refractivity contribution < 1.29 is 28.7 Å². The van der Waals surface area contributed by atoms with Gasteiger partial charge in [0.1, 0.15) is 17.6 Å². The maximum absolute atomic E-state index is 13.5. The summed E-state index contributed by atoms with van der Waals surface area (Å²) >= 11 is 1.40. The van der Waals surface area contributed by atoms with Gasteiger partial charge in [-0.25, -0.2) is 0 Å². The summed E-state index contributed by atoms with van der Waals surface area (Å²) in [5.41, 5.74) is 5.83. The number of carbonyl (C=O) groups is 4. The standard InChI is InChI=1S/C30H40N6O6S/c1-19(24-13-21(17-43-24)28(31)32)35-29(40)23-14-30(18-41-12-10-33-20(2)37)15-25(30)36(23)27(39)16-34-26(38)9-6-11-42-22-7-4-3-5-8-22/h3-5,7-8,13,17,19,23,25H,6,9-12,14-16,18H2,1-2H3,(H3,31,32)(H,33,37)(H,34,38)(H,35,40)/t19-,23+,25+,30-/m1/s1. The fourth-order valence-electron chi connectivity index (χ4n) is 5.39. The Morgan fingerprint density at radius 3 is 2.63 bits per heavy atom. The molecule has 1 aliphatic carbocycles. The van der Waals surface area contributed by atoms with Crippen LogP contribution < -0.4 is 26.4 Å². The van der Waals surface area contributed by atoms with E-state index in [9.17, 15) is 19.2 Å². The SMILES string of the molecule is CC(=O)NCCOC[C@@]12C[C@@H]1N(C(=O)CNC(=O)CCCOc1ccccc1)[C@H](C(=O)N[C@H](C)c1cc(C(=N)N)cs1)C2. The van der Waals surface area contributed by atoms with Gasteiger partial charge in [0.2, 0.25) is 23.6 Å². The molecular weight excluding hydrogens is 572 g/mol. The largest absolute Gasteiger partial charge is 0.494 e. The number of para-hydroxylation sites is 1. The first kappa shape index (κ1) is 32.0. The number of rotatable bonds is 16. The van der Waals surface area contributed by atoms with Crippen molar-refractivity contribution in [2.45, 2.75) is 57.7 Å². The van der Waals surface area contributed by atoms with Crippen LogP contribution in [0.2, 0.25) is 0 Å². The minimum absolute atomic E-state index is 0.0418. The lowest BCUT2D eigenvalue weighted by molar-refractivity contribution is -0.140. The number of amidine groups is 1. The van der Waals surface area contributed by atoms with E-state index < -0.39 is 6.04 Å². The second-order valence-corrected chi connectivity index (χ2v) is 12.0. The quantitative estimate of drug-likeness (QED) is 0.109. The third-order valence-corrected chi connectivity index (χ3v) is 8.85. The first-order valence-corrected chi connectivity index (χ1v) is 15.3. The smallest absolute Gasteiger partial charge is 0.243 e. The number of fused-ring (bicyclic) bond motifs is 1. The Hall–Kier alpha value is -3.97. The van der Waals surface area contributed by atoms with Crippen molar-refractivity contribution in [1.82, 2.24) is 20.9 Å². The number of hydrogen-bond acceptors (Lipinski definition) is 8. The van der Waals surface area contributed by atoms with E-state index in [-0.39, 0.29) is 59.9 Å². The third kappa shape index (κ3) is 8.54. The fourth-order valence-corrected chi connectivity index (χ4v) is 6.31. The maximum atomic E-state index is 13.5. The zero-order valence-corrected chi connectivity index (χ0v) is 25.3. The predicted octanol–water partition coefficient (Wildman–Crippen LogP) is 1.70. The van der Waals surface area contributed by atoms with Crippen LogP contribution in [0, 0.1) is 10.8 Å². The van der Waals surface area contributed by atoms with Gasteiger partial charge in [0.25, 0.3) is 0 Å². The third-order valence-electron chi connectivity index (χ3n) is 7.73. The number of thiophene rings is 1. The van der Waals surface area contributed by atoms with Gasteiger partial charge in [0, 0.05) is 47.2 Å². The molecule has 1 saturated carbocycles. The molecule has 2 aliphatic rings. The molecule has 13 heteroatoms. The summed E-state index contributed by atoms with van der Waals surface area (Å²) in [7, 11) is 0. The van der Waals surface area contributed by atoms with Crippen molar-refractivity contribution in [3.63, 3.8) is 0 Å².